The van der Waals surface area contributed by atoms with Crippen LogP contribution in [0.5, 0.6) is 0 Å². The first kappa shape index (κ1) is 11.2. The number of aromatic nitrogens is 1. The smallest absolute Gasteiger partial charge is 0.261 e. The Bertz CT molecular complexity index is 723. The van der Waals surface area contributed by atoms with Crippen LogP contribution < -0.4 is 11.0 Å². The molecule has 16 heavy (non-hydrogen) atoms. The summed E-state index contributed by atoms with van der Waals surface area (Å²) in [4.78, 5) is 14.0. The van der Waals surface area contributed by atoms with E-state index in [1.165, 1.54) is 12.1 Å². The van der Waals surface area contributed by atoms with Gasteiger partial charge in [0.15, 0.2) is 0 Å². The lowest BCUT2D eigenvalue weighted by Gasteiger charge is -2.02. The normalized spacial score (nSPS) is 11.8. The fraction of sp³-hybridized carbons (Fsp3) is 0. The lowest BCUT2D eigenvalue weighted by atomic mass is 9.93. The van der Waals surface area contributed by atoms with E-state index in [0.717, 1.165) is 5.46 Å². The minimum Gasteiger partial charge on any atom is -0.329 e. The van der Waals surface area contributed by atoms with E-state index < -0.39 is 9.05 Å². The molecule has 1 heterocycles. The molecule has 0 atom stereocenters. The van der Waals surface area contributed by atoms with Crippen LogP contribution in [-0.2, 0) is 9.05 Å². The molecule has 1 aromatic heterocycles. The molecule has 0 bridgehead atoms. The predicted molar refractivity (Wildman–Crippen MR) is 65.8 cm³/mol. The average molecular weight is 255 g/mol. The highest BCUT2D eigenvalue weighted by molar-refractivity contribution is 8.13. The molecular weight excluding hydrogens is 248 g/mol. The fourth-order valence-electron chi connectivity index (χ4n) is 1.54. The summed E-state index contributed by atoms with van der Waals surface area (Å²) in [5.41, 5.74) is 0.538. The molecule has 4 nitrogen and oxygen atoms in total. The Labute approximate surface area is 97.1 Å². The van der Waals surface area contributed by atoms with Crippen molar-refractivity contribution in [2.45, 2.75) is 4.90 Å². The van der Waals surface area contributed by atoms with Crippen LogP contribution in [0.15, 0.2) is 34.1 Å². The second-order valence-corrected chi connectivity index (χ2v) is 6.01. The lowest BCUT2D eigenvalue weighted by molar-refractivity contribution is 0.609. The summed E-state index contributed by atoms with van der Waals surface area (Å²) in [6.45, 7) is 0. The van der Waals surface area contributed by atoms with Gasteiger partial charge in [0.25, 0.3) is 14.6 Å². The van der Waals surface area contributed by atoms with Crippen molar-refractivity contribution in [1.82, 2.24) is 4.98 Å². The maximum atomic E-state index is 11.5. The Morgan fingerprint density at radius 1 is 1.25 bits per heavy atom. The third-order valence-corrected chi connectivity index (χ3v) is 3.71. The van der Waals surface area contributed by atoms with Crippen LogP contribution in [0, 0.1) is 0 Å². The van der Waals surface area contributed by atoms with E-state index in [-0.39, 0.29) is 10.5 Å². The van der Waals surface area contributed by atoms with Gasteiger partial charge in [-0.1, -0.05) is 11.5 Å². The van der Waals surface area contributed by atoms with Crippen LogP contribution in [0.4, 0.5) is 0 Å². The summed E-state index contributed by atoms with van der Waals surface area (Å²) in [5.74, 6) is 0. The van der Waals surface area contributed by atoms with Crippen molar-refractivity contribution in [3.63, 3.8) is 0 Å². The molecule has 1 N–H and O–H groups in total. The summed E-state index contributed by atoms with van der Waals surface area (Å²) in [7, 11) is 3.23. The number of aromatic amines is 1. The predicted octanol–water partition coefficient (Wildman–Crippen LogP) is -0.286. The standard InChI is InChI=1S/C9H7BClNO3S/c10-8-4-12-9(13)7-3-5(16(11,14)15)1-2-6(7)8/h1-4H,10H2,(H,12,13). The van der Waals surface area contributed by atoms with E-state index in [1.807, 2.05) is 7.85 Å². The van der Waals surface area contributed by atoms with Crippen molar-refractivity contribution in [2.24, 2.45) is 0 Å². The zero-order chi connectivity index (χ0) is 11.9. The van der Waals surface area contributed by atoms with E-state index in [9.17, 15) is 13.2 Å². The number of pyridine rings is 1. The molecule has 0 saturated heterocycles. The van der Waals surface area contributed by atoms with Gasteiger partial charge in [0.1, 0.15) is 7.85 Å². The van der Waals surface area contributed by atoms with Gasteiger partial charge in [0, 0.05) is 16.1 Å². The van der Waals surface area contributed by atoms with E-state index in [0.29, 0.717) is 10.8 Å². The van der Waals surface area contributed by atoms with Gasteiger partial charge in [-0.05, 0) is 23.7 Å². The number of nitrogens with one attached hydrogen (secondary N) is 1. The molecule has 82 valence electrons. The van der Waals surface area contributed by atoms with Crippen LogP contribution in [0.3, 0.4) is 0 Å². The largest absolute Gasteiger partial charge is 0.329 e. The van der Waals surface area contributed by atoms with Crippen molar-refractivity contribution in [3.05, 3.63) is 34.7 Å². The molecule has 0 amide bonds. The lowest BCUT2D eigenvalue weighted by Crippen LogP contribution is -2.15. The van der Waals surface area contributed by atoms with E-state index in [2.05, 4.69) is 4.98 Å². The third kappa shape index (κ3) is 1.86. The summed E-state index contributed by atoms with van der Waals surface area (Å²) in [6, 6.07) is 4.25. The Morgan fingerprint density at radius 2 is 1.94 bits per heavy atom. The van der Waals surface area contributed by atoms with E-state index >= 15 is 0 Å². The molecule has 2 aromatic rings. The Hall–Kier alpha value is -1.27. The number of benzene rings is 1. The van der Waals surface area contributed by atoms with Crippen molar-refractivity contribution < 1.29 is 8.42 Å². The number of fused-ring (bicyclic) bond motifs is 1. The van der Waals surface area contributed by atoms with Crippen molar-refractivity contribution in [3.8, 4) is 0 Å². The van der Waals surface area contributed by atoms with Gasteiger partial charge in [-0.3, -0.25) is 4.79 Å². The van der Waals surface area contributed by atoms with E-state index in [1.54, 1.807) is 12.3 Å². The SMILES string of the molecule is Bc1c[nH]c(=O)c2cc(S(=O)(=O)Cl)ccc12. The summed E-state index contributed by atoms with van der Waals surface area (Å²) in [6.07, 6.45) is 1.58. The molecule has 0 radical (unpaired) electrons. The maximum absolute atomic E-state index is 11.5. The molecule has 0 fully saturated rings. The zero-order valence-corrected chi connectivity index (χ0v) is 9.89. The molecule has 7 heteroatoms. The molecule has 0 aliphatic heterocycles. The van der Waals surface area contributed by atoms with Gasteiger partial charge in [-0.25, -0.2) is 8.42 Å². The minimum absolute atomic E-state index is 0.0715. The molecular formula is C9H7BClNO3S. The van der Waals surface area contributed by atoms with Gasteiger partial charge < -0.3 is 4.98 Å². The van der Waals surface area contributed by atoms with Gasteiger partial charge in [0.05, 0.1) is 4.90 Å². The second-order valence-electron chi connectivity index (χ2n) is 3.45. The van der Waals surface area contributed by atoms with Gasteiger partial charge in [-0.2, -0.15) is 0 Å². The van der Waals surface area contributed by atoms with Gasteiger partial charge in [-0.15, -0.1) is 0 Å². The number of H-pyrrole nitrogens is 1. The highest BCUT2D eigenvalue weighted by Crippen LogP contribution is 2.18. The van der Waals surface area contributed by atoms with Gasteiger partial charge in [0.2, 0.25) is 0 Å². The number of halogens is 1. The van der Waals surface area contributed by atoms with Crippen LogP contribution >= 0.6 is 10.7 Å². The van der Waals surface area contributed by atoms with Crippen LogP contribution in [-0.4, -0.2) is 21.2 Å². The Balaban J connectivity index is 2.92. The molecule has 1 aromatic carbocycles. The monoisotopic (exact) mass is 255 g/mol. The first-order chi connectivity index (χ1) is 7.39. The molecule has 0 unspecified atom stereocenters. The Kier molecular flexibility index (Phi) is 2.55. The summed E-state index contributed by atoms with van der Waals surface area (Å²) < 4.78 is 22.3. The van der Waals surface area contributed by atoms with Crippen LogP contribution in [0.1, 0.15) is 0 Å². The number of hydrogen-bond acceptors (Lipinski definition) is 3. The van der Waals surface area contributed by atoms with Crippen molar-refractivity contribution in [2.75, 3.05) is 0 Å². The molecule has 0 spiro atoms. The first-order valence-corrected chi connectivity index (χ1v) is 6.77. The maximum Gasteiger partial charge on any atom is 0.261 e. The highest BCUT2D eigenvalue weighted by Gasteiger charge is 2.11. The number of hydrogen-bond donors (Lipinski definition) is 1. The highest BCUT2D eigenvalue weighted by atomic mass is 35.7. The van der Waals surface area contributed by atoms with Crippen molar-refractivity contribution >= 4 is 43.8 Å². The van der Waals surface area contributed by atoms with Crippen molar-refractivity contribution in [1.29, 1.82) is 0 Å². The average Bonchev–Trinajstić information content (AvgIpc) is 2.22. The second kappa shape index (κ2) is 3.64. The summed E-state index contributed by atoms with van der Waals surface area (Å²) >= 11 is 0. The topological polar surface area (TPSA) is 67.0 Å². The zero-order valence-electron chi connectivity index (χ0n) is 8.32. The minimum atomic E-state index is -3.80. The molecule has 0 saturated carbocycles. The quantitative estimate of drug-likeness (QED) is 0.563. The van der Waals surface area contributed by atoms with Gasteiger partial charge >= 0.3 is 0 Å². The molecule has 2 rings (SSSR count). The van der Waals surface area contributed by atoms with E-state index in [4.69, 9.17) is 10.7 Å². The molecule has 0 aliphatic rings. The van der Waals surface area contributed by atoms with Crippen LogP contribution in [0.2, 0.25) is 0 Å². The van der Waals surface area contributed by atoms with Crippen LogP contribution in [0.25, 0.3) is 10.8 Å². The Morgan fingerprint density at radius 3 is 2.56 bits per heavy atom. The summed E-state index contributed by atoms with van der Waals surface area (Å²) in [5, 5.41) is 1.04. The third-order valence-electron chi connectivity index (χ3n) is 2.36. The molecule has 0 aliphatic carbocycles. The fourth-order valence-corrected chi connectivity index (χ4v) is 2.31. The first-order valence-electron chi connectivity index (χ1n) is 4.46. The number of rotatable bonds is 1.